The van der Waals surface area contributed by atoms with Crippen molar-refractivity contribution in [2.45, 2.75) is 13.8 Å². The molecule has 0 spiro atoms. The van der Waals surface area contributed by atoms with Crippen LogP contribution in [0.5, 0.6) is 0 Å². The summed E-state index contributed by atoms with van der Waals surface area (Å²) in [6.45, 7) is 3.58. The van der Waals surface area contributed by atoms with Crippen LogP contribution in [0.15, 0.2) is 12.7 Å². The van der Waals surface area contributed by atoms with E-state index in [0.29, 0.717) is 11.6 Å². The van der Waals surface area contributed by atoms with Crippen molar-refractivity contribution < 1.29 is 0 Å². The molecule has 20 heavy (non-hydrogen) atoms. The molecule has 0 radical (unpaired) electrons. The Morgan fingerprint density at radius 2 is 1.90 bits per heavy atom. The summed E-state index contributed by atoms with van der Waals surface area (Å²) in [7, 11) is 0. The van der Waals surface area contributed by atoms with Crippen LogP contribution in [0.2, 0.25) is 0 Å². The number of aryl methyl sites for hydroxylation is 2. The zero-order valence-corrected chi connectivity index (χ0v) is 10.8. The number of hydrazine groups is 1. The van der Waals surface area contributed by atoms with E-state index < -0.39 is 0 Å². The van der Waals surface area contributed by atoms with E-state index in [1.54, 1.807) is 13.8 Å². The zero-order chi connectivity index (χ0) is 14.1. The topological polar surface area (TPSA) is 138 Å². The van der Waals surface area contributed by atoms with E-state index in [-0.39, 0.29) is 17.8 Å². The first-order chi connectivity index (χ1) is 9.67. The van der Waals surface area contributed by atoms with E-state index in [4.69, 9.17) is 5.84 Å². The molecule has 0 saturated heterocycles. The number of nitrogens with one attached hydrogen (secondary N) is 1. The number of nitrogens with zero attached hydrogens (tertiary/aromatic N) is 9. The van der Waals surface area contributed by atoms with Crippen LogP contribution >= 0.6 is 0 Å². The van der Waals surface area contributed by atoms with Gasteiger partial charge in [-0.2, -0.15) is 29.4 Å². The Balaban J connectivity index is 2.16. The summed E-state index contributed by atoms with van der Waals surface area (Å²) in [5.74, 6) is 7.39. The molecule has 0 atom stereocenters. The van der Waals surface area contributed by atoms with E-state index in [9.17, 15) is 0 Å². The Morgan fingerprint density at radius 1 is 1.10 bits per heavy atom. The smallest absolute Gasteiger partial charge is 0.259 e. The third-order valence-corrected chi connectivity index (χ3v) is 2.43. The molecule has 3 N–H and O–H groups in total. The van der Waals surface area contributed by atoms with Gasteiger partial charge in [-0.15, -0.1) is 5.10 Å². The lowest BCUT2D eigenvalue weighted by atomic mass is 10.7. The van der Waals surface area contributed by atoms with Gasteiger partial charge in [0.2, 0.25) is 5.95 Å². The van der Waals surface area contributed by atoms with Gasteiger partial charge in [0.25, 0.3) is 11.9 Å². The summed E-state index contributed by atoms with van der Waals surface area (Å²) >= 11 is 0. The quantitative estimate of drug-likeness (QED) is 0.451. The number of nitrogen functional groups attached to an aromatic ring is 1. The van der Waals surface area contributed by atoms with Crippen LogP contribution < -0.4 is 11.3 Å². The number of hydrogen-bond acceptors (Lipinski definition) is 9. The minimum Gasteiger partial charge on any atom is -0.292 e. The first-order valence-corrected chi connectivity index (χ1v) is 5.65. The molecule has 0 fully saturated rings. The zero-order valence-electron chi connectivity index (χ0n) is 10.8. The fourth-order valence-corrected chi connectivity index (χ4v) is 1.64. The van der Waals surface area contributed by atoms with E-state index in [2.05, 4.69) is 40.5 Å². The average Bonchev–Trinajstić information content (AvgIpc) is 3.08. The molecule has 0 unspecified atom stereocenters. The minimum absolute atomic E-state index is 0.188. The predicted molar refractivity (Wildman–Crippen MR) is 66.9 cm³/mol. The normalized spacial score (nSPS) is 10.8. The summed E-state index contributed by atoms with van der Waals surface area (Å²) in [5, 5.41) is 8.18. The first-order valence-electron chi connectivity index (χ1n) is 5.65. The summed E-state index contributed by atoms with van der Waals surface area (Å²) < 4.78 is 2.89. The molecular formula is C9H11N11. The molecule has 0 amide bonds. The van der Waals surface area contributed by atoms with Crippen molar-refractivity contribution in [1.29, 1.82) is 0 Å². The maximum atomic E-state index is 5.37. The summed E-state index contributed by atoms with van der Waals surface area (Å²) in [4.78, 5) is 20.6. The summed E-state index contributed by atoms with van der Waals surface area (Å²) in [6.07, 6.45) is 2.85. The predicted octanol–water partition coefficient (Wildman–Crippen LogP) is -1.06. The van der Waals surface area contributed by atoms with Gasteiger partial charge in [0.15, 0.2) is 0 Å². The van der Waals surface area contributed by atoms with Crippen molar-refractivity contribution in [2.75, 3.05) is 5.43 Å². The molecule has 0 aromatic carbocycles. The van der Waals surface area contributed by atoms with Gasteiger partial charge in [-0.3, -0.25) is 5.43 Å². The lowest BCUT2D eigenvalue weighted by molar-refractivity contribution is 0.728. The lowest BCUT2D eigenvalue weighted by Gasteiger charge is -2.06. The fourth-order valence-electron chi connectivity index (χ4n) is 1.64. The van der Waals surface area contributed by atoms with E-state index in [1.807, 2.05) is 0 Å². The molecule has 3 aromatic rings. The number of aromatic nitrogens is 9. The molecular weight excluding hydrogens is 262 g/mol. The molecule has 102 valence electrons. The molecule has 3 rings (SSSR count). The Bertz CT molecular complexity index is 728. The standard InChI is InChI=1S/C9H11N11/c1-5-13-6(2)20(18-5)9-15-7(17-10)14-8(16-9)19-4-11-3-12-19/h3-4H,10H2,1-2H3,(H,14,15,16,17). The molecule has 3 aromatic heterocycles. The van der Waals surface area contributed by atoms with Crippen LogP contribution in [0.3, 0.4) is 0 Å². The molecule has 3 heterocycles. The van der Waals surface area contributed by atoms with E-state index in [1.165, 1.54) is 22.0 Å². The molecule has 0 aliphatic rings. The van der Waals surface area contributed by atoms with Crippen LogP contribution in [-0.2, 0) is 0 Å². The van der Waals surface area contributed by atoms with Gasteiger partial charge in [-0.1, -0.05) is 0 Å². The lowest BCUT2D eigenvalue weighted by Crippen LogP contribution is -2.17. The van der Waals surface area contributed by atoms with Gasteiger partial charge >= 0.3 is 0 Å². The second-order valence-electron chi connectivity index (χ2n) is 3.86. The van der Waals surface area contributed by atoms with Crippen molar-refractivity contribution in [3.05, 3.63) is 24.3 Å². The van der Waals surface area contributed by atoms with Crippen LogP contribution in [0.4, 0.5) is 5.95 Å². The second-order valence-corrected chi connectivity index (χ2v) is 3.86. The van der Waals surface area contributed by atoms with Crippen molar-refractivity contribution in [3.8, 4) is 11.9 Å². The number of rotatable bonds is 3. The number of nitrogens with two attached hydrogens (primary N) is 1. The Hall–Kier alpha value is -2.95. The highest BCUT2D eigenvalue weighted by Gasteiger charge is 2.13. The Morgan fingerprint density at radius 3 is 2.50 bits per heavy atom. The Labute approximate surface area is 112 Å². The average molecular weight is 273 g/mol. The highest BCUT2D eigenvalue weighted by Crippen LogP contribution is 2.09. The molecule has 0 bridgehead atoms. The van der Waals surface area contributed by atoms with Crippen LogP contribution in [0, 0.1) is 13.8 Å². The van der Waals surface area contributed by atoms with Gasteiger partial charge in [-0.05, 0) is 13.8 Å². The maximum absolute atomic E-state index is 5.37. The van der Waals surface area contributed by atoms with Crippen LogP contribution in [-0.4, -0.2) is 44.5 Å². The second kappa shape index (κ2) is 4.62. The summed E-state index contributed by atoms with van der Waals surface area (Å²) in [6, 6.07) is 0. The minimum atomic E-state index is 0.188. The van der Waals surface area contributed by atoms with Crippen molar-refractivity contribution in [3.63, 3.8) is 0 Å². The van der Waals surface area contributed by atoms with Crippen molar-refractivity contribution >= 4 is 5.95 Å². The highest BCUT2D eigenvalue weighted by molar-refractivity contribution is 5.31. The number of hydrogen-bond donors (Lipinski definition) is 2. The van der Waals surface area contributed by atoms with Crippen molar-refractivity contribution in [2.24, 2.45) is 5.84 Å². The third-order valence-electron chi connectivity index (χ3n) is 2.43. The van der Waals surface area contributed by atoms with Crippen LogP contribution in [0.1, 0.15) is 11.6 Å². The van der Waals surface area contributed by atoms with Gasteiger partial charge in [-0.25, -0.2) is 15.8 Å². The highest BCUT2D eigenvalue weighted by atomic mass is 15.5. The van der Waals surface area contributed by atoms with Gasteiger partial charge < -0.3 is 0 Å². The number of anilines is 1. The molecule has 11 nitrogen and oxygen atoms in total. The molecule has 0 aliphatic heterocycles. The van der Waals surface area contributed by atoms with Crippen molar-refractivity contribution in [1.82, 2.24) is 44.5 Å². The van der Waals surface area contributed by atoms with E-state index >= 15 is 0 Å². The SMILES string of the molecule is Cc1nc(C)n(-c2nc(NN)nc(-n3cncn3)n2)n1. The van der Waals surface area contributed by atoms with Gasteiger partial charge in [0.05, 0.1) is 0 Å². The summed E-state index contributed by atoms with van der Waals surface area (Å²) in [5.41, 5.74) is 2.38. The Kier molecular flexibility index (Phi) is 2.80. The monoisotopic (exact) mass is 273 g/mol. The maximum Gasteiger partial charge on any atom is 0.259 e. The van der Waals surface area contributed by atoms with E-state index in [0.717, 1.165) is 0 Å². The fraction of sp³-hybridized carbons (Fsp3) is 0.222. The van der Waals surface area contributed by atoms with Gasteiger partial charge in [0, 0.05) is 0 Å². The largest absolute Gasteiger partial charge is 0.292 e. The van der Waals surface area contributed by atoms with Crippen LogP contribution in [0.25, 0.3) is 11.9 Å². The molecule has 0 saturated carbocycles. The molecule has 0 aliphatic carbocycles. The molecule has 11 heteroatoms. The first kappa shape index (κ1) is 12.1. The van der Waals surface area contributed by atoms with Gasteiger partial charge in [0.1, 0.15) is 24.3 Å². The third kappa shape index (κ3) is 2.05.